The SMILES string of the molecule is NCCc1c2ccccc2c(CCN)c2c1ccc1ccccc12. The Morgan fingerprint density at radius 1 is 0.542 bits per heavy atom. The molecule has 0 fully saturated rings. The van der Waals surface area contributed by atoms with E-state index in [0.29, 0.717) is 13.1 Å². The Labute approximate surface area is 142 Å². The standard InChI is InChI=1S/C22H22N2/c23-13-11-19-17-7-3-4-8-18(17)21(12-14-24)22-16-6-2-1-5-15(16)9-10-20(19)22/h1-10H,11-14,23-24H2. The molecule has 4 rings (SSSR count). The highest BCUT2D eigenvalue weighted by Crippen LogP contribution is 2.37. The van der Waals surface area contributed by atoms with Gasteiger partial charge in [0.2, 0.25) is 0 Å². The summed E-state index contributed by atoms with van der Waals surface area (Å²) in [6.45, 7) is 1.31. The number of hydrogen-bond donors (Lipinski definition) is 2. The minimum absolute atomic E-state index is 0.651. The molecule has 0 saturated heterocycles. The van der Waals surface area contributed by atoms with Crippen molar-refractivity contribution in [2.75, 3.05) is 13.1 Å². The predicted octanol–water partition coefficient (Wildman–Crippen LogP) is 4.15. The van der Waals surface area contributed by atoms with Crippen LogP contribution in [0.5, 0.6) is 0 Å². The Kier molecular flexibility index (Phi) is 3.93. The largest absolute Gasteiger partial charge is 0.330 e. The third-order valence-corrected chi connectivity index (χ3v) is 4.92. The van der Waals surface area contributed by atoms with E-state index in [1.54, 1.807) is 0 Å². The van der Waals surface area contributed by atoms with E-state index in [9.17, 15) is 0 Å². The molecule has 4 N–H and O–H groups in total. The molecule has 4 aromatic rings. The maximum atomic E-state index is 5.96. The first-order valence-corrected chi connectivity index (χ1v) is 8.59. The summed E-state index contributed by atoms with van der Waals surface area (Å²) in [4.78, 5) is 0. The second-order valence-corrected chi connectivity index (χ2v) is 6.29. The van der Waals surface area contributed by atoms with E-state index in [4.69, 9.17) is 11.5 Å². The van der Waals surface area contributed by atoms with Crippen LogP contribution in [0, 0.1) is 0 Å². The van der Waals surface area contributed by atoms with Gasteiger partial charge in [-0.3, -0.25) is 0 Å². The smallest absolute Gasteiger partial charge is 0.00362 e. The van der Waals surface area contributed by atoms with Crippen LogP contribution in [0.3, 0.4) is 0 Å². The first-order chi connectivity index (χ1) is 11.8. The maximum absolute atomic E-state index is 5.96. The second-order valence-electron chi connectivity index (χ2n) is 6.29. The van der Waals surface area contributed by atoms with Crippen LogP contribution >= 0.6 is 0 Å². The zero-order chi connectivity index (χ0) is 16.5. The summed E-state index contributed by atoms with van der Waals surface area (Å²) >= 11 is 0. The van der Waals surface area contributed by atoms with Gasteiger partial charge in [-0.2, -0.15) is 0 Å². The fourth-order valence-corrected chi connectivity index (χ4v) is 3.96. The fourth-order valence-electron chi connectivity index (χ4n) is 3.96. The minimum atomic E-state index is 0.651. The Hall–Kier alpha value is -2.42. The first kappa shape index (κ1) is 15.1. The molecule has 2 heteroatoms. The monoisotopic (exact) mass is 314 g/mol. The van der Waals surface area contributed by atoms with Gasteiger partial charge in [0.1, 0.15) is 0 Å². The molecule has 0 heterocycles. The van der Waals surface area contributed by atoms with Crippen LogP contribution in [-0.2, 0) is 12.8 Å². The average molecular weight is 314 g/mol. The predicted molar refractivity (Wildman–Crippen MR) is 104 cm³/mol. The van der Waals surface area contributed by atoms with Gasteiger partial charge in [0.15, 0.2) is 0 Å². The topological polar surface area (TPSA) is 52.0 Å². The number of rotatable bonds is 4. The van der Waals surface area contributed by atoms with Crippen LogP contribution in [0.1, 0.15) is 11.1 Å². The lowest BCUT2D eigenvalue weighted by Crippen LogP contribution is -2.07. The molecule has 0 aromatic heterocycles. The van der Waals surface area contributed by atoms with Gasteiger partial charge in [0.25, 0.3) is 0 Å². The molecule has 0 aliphatic carbocycles. The van der Waals surface area contributed by atoms with Crippen molar-refractivity contribution < 1.29 is 0 Å². The lowest BCUT2D eigenvalue weighted by Gasteiger charge is -2.18. The second kappa shape index (κ2) is 6.23. The molecular formula is C22H22N2. The molecule has 0 aliphatic heterocycles. The minimum Gasteiger partial charge on any atom is -0.330 e. The highest BCUT2D eigenvalue weighted by molar-refractivity contribution is 6.16. The molecule has 2 nitrogen and oxygen atoms in total. The lowest BCUT2D eigenvalue weighted by molar-refractivity contribution is 0.975. The van der Waals surface area contributed by atoms with Crippen molar-refractivity contribution in [3.63, 3.8) is 0 Å². The van der Waals surface area contributed by atoms with Crippen LogP contribution in [-0.4, -0.2) is 13.1 Å². The van der Waals surface area contributed by atoms with E-state index in [-0.39, 0.29) is 0 Å². The van der Waals surface area contributed by atoms with Gasteiger partial charge < -0.3 is 11.5 Å². The molecule has 0 saturated carbocycles. The summed E-state index contributed by atoms with van der Waals surface area (Å²) in [7, 11) is 0. The summed E-state index contributed by atoms with van der Waals surface area (Å²) in [6.07, 6.45) is 1.77. The van der Waals surface area contributed by atoms with Gasteiger partial charge in [-0.05, 0) is 69.4 Å². The quantitative estimate of drug-likeness (QED) is 0.439. The zero-order valence-corrected chi connectivity index (χ0v) is 13.8. The Morgan fingerprint density at radius 2 is 1.12 bits per heavy atom. The van der Waals surface area contributed by atoms with Gasteiger partial charge >= 0.3 is 0 Å². The molecule has 0 bridgehead atoms. The third-order valence-electron chi connectivity index (χ3n) is 4.92. The van der Waals surface area contributed by atoms with Crippen LogP contribution in [0.2, 0.25) is 0 Å². The van der Waals surface area contributed by atoms with E-state index in [0.717, 1.165) is 12.8 Å². The highest BCUT2D eigenvalue weighted by Gasteiger charge is 2.14. The molecule has 24 heavy (non-hydrogen) atoms. The third kappa shape index (κ3) is 2.27. The summed E-state index contributed by atoms with van der Waals surface area (Å²) in [5, 5.41) is 7.88. The fraction of sp³-hybridized carbons (Fsp3) is 0.182. The molecular weight excluding hydrogens is 292 g/mol. The van der Waals surface area contributed by atoms with Crippen LogP contribution in [0.4, 0.5) is 0 Å². The Bertz CT molecular complexity index is 1030. The Balaban J connectivity index is 2.28. The molecule has 4 aromatic carbocycles. The van der Waals surface area contributed by atoms with Gasteiger partial charge in [-0.1, -0.05) is 60.7 Å². The van der Waals surface area contributed by atoms with Crippen molar-refractivity contribution in [2.24, 2.45) is 11.5 Å². The van der Waals surface area contributed by atoms with Crippen molar-refractivity contribution in [1.29, 1.82) is 0 Å². The molecule has 0 atom stereocenters. The number of hydrogen-bond acceptors (Lipinski definition) is 2. The van der Waals surface area contributed by atoms with E-state index in [1.807, 2.05) is 0 Å². The van der Waals surface area contributed by atoms with E-state index in [1.165, 1.54) is 43.4 Å². The van der Waals surface area contributed by atoms with E-state index >= 15 is 0 Å². The number of fused-ring (bicyclic) bond motifs is 4. The van der Waals surface area contributed by atoms with Crippen LogP contribution in [0.25, 0.3) is 32.3 Å². The molecule has 0 spiro atoms. The Morgan fingerprint density at radius 3 is 1.83 bits per heavy atom. The molecule has 0 amide bonds. The summed E-state index contributed by atoms with van der Waals surface area (Å²) in [6, 6.07) is 21.8. The van der Waals surface area contributed by atoms with Gasteiger partial charge in [0.05, 0.1) is 0 Å². The van der Waals surface area contributed by atoms with Crippen molar-refractivity contribution in [3.8, 4) is 0 Å². The number of nitrogens with two attached hydrogens (primary N) is 2. The summed E-state index contributed by atoms with van der Waals surface area (Å²) in [5.74, 6) is 0. The average Bonchev–Trinajstić information content (AvgIpc) is 2.64. The van der Waals surface area contributed by atoms with Crippen molar-refractivity contribution in [2.45, 2.75) is 12.8 Å². The van der Waals surface area contributed by atoms with Crippen molar-refractivity contribution in [3.05, 3.63) is 71.8 Å². The van der Waals surface area contributed by atoms with Crippen molar-refractivity contribution in [1.82, 2.24) is 0 Å². The molecule has 0 aliphatic rings. The van der Waals surface area contributed by atoms with Gasteiger partial charge in [-0.15, -0.1) is 0 Å². The molecule has 0 radical (unpaired) electrons. The van der Waals surface area contributed by atoms with Gasteiger partial charge in [0, 0.05) is 0 Å². The highest BCUT2D eigenvalue weighted by atomic mass is 14.5. The van der Waals surface area contributed by atoms with Crippen molar-refractivity contribution >= 4 is 32.3 Å². The zero-order valence-electron chi connectivity index (χ0n) is 13.8. The molecule has 0 unspecified atom stereocenters. The number of benzene rings is 4. The molecule has 120 valence electrons. The maximum Gasteiger partial charge on any atom is -0.00362 e. The van der Waals surface area contributed by atoms with E-state index < -0.39 is 0 Å². The van der Waals surface area contributed by atoms with E-state index in [2.05, 4.69) is 60.7 Å². The normalized spacial score (nSPS) is 11.6. The summed E-state index contributed by atoms with van der Waals surface area (Å²) in [5.41, 5.74) is 14.6. The lowest BCUT2D eigenvalue weighted by atomic mass is 9.86. The first-order valence-electron chi connectivity index (χ1n) is 8.59. The summed E-state index contributed by atoms with van der Waals surface area (Å²) < 4.78 is 0. The van der Waals surface area contributed by atoms with Crippen LogP contribution < -0.4 is 11.5 Å². The van der Waals surface area contributed by atoms with Crippen LogP contribution in [0.15, 0.2) is 60.7 Å². The van der Waals surface area contributed by atoms with Gasteiger partial charge in [-0.25, -0.2) is 0 Å².